The lowest BCUT2D eigenvalue weighted by molar-refractivity contribution is 0.117. The zero-order valence-electron chi connectivity index (χ0n) is 12.2. The molecule has 19 heavy (non-hydrogen) atoms. The molecule has 106 valence electrons. The largest absolute Gasteiger partial charge is 0.362 e. The molecule has 0 spiro atoms. The Bertz CT molecular complexity index is 506. The number of nitrogens with two attached hydrogens (primary N) is 1. The van der Waals surface area contributed by atoms with Crippen LogP contribution in [0.15, 0.2) is 17.2 Å². The third-order valence-corrected chi connectivity index (χ3v) is 4.13. The summed E-state index contributed by atoms with van der Waals surface area (Å²) in [5, 5.41) is 3.26. The lowest BCUT2D eigenvalue weighted by atomic mass is 9.63. The lowest BCUT2D eigenvalue weighted by Crippen LogP contribution is -2.61. The van der Waals surface area contributed by atoms with Crippen LogP contribution in [0.1, 0.15) is 34.1 Å². The molecule has 1 aromatic rings. The van der Waals surface area contributed by atoms with Gasteiger partial charge < -0.3 is 15.6 Å². The SMILES string of the molecule is CC(C)Cn1ccnc(NC2CC(N)C2(C)C)c1=O. The van der Waals surface area contributed by atoms with Gasteiger partial charge in [0.1, 0.15) is 0 Å². The van der Waals surface area contributed by atoms with Crippen molar-refractivity contribution < 1.29 is 0 Å². The first kappa shape index (κ1) is 14.1. The van der Waals surface area contributed by atoms with E-state index in [9.17, 15) is 4.79 Å². The Hall–Kier alpha value is -1.36. The van der Waals surface area contributed by atoms with E-state index in [1.54, 1.807) is 17.0 Å². The average Bonchev–Trinajstić information content (AvgIpc) is 2.33. The standard InChI is InChI=1S/C14H24N4O/c1-9(2)8-18-6-5-16-12(13(18)19)17-11-7-10(15)14(11,3)4/h5-6,9-11H,7-8,15H2,1-4H3,(H,16,17). The van der Waals surface area contributed by atoms with Crippen molar-refractivity contribution >= 4 is 5.82 Å². The molecule has 2 rings (SSSR count). The van der Waals surface area contributed by atoms with Gasteiger partial charge in [-0.2, -0.15) is 0 Å². The van der Waals surface area contributed by atoms with E-state index >= 15 is 0 Å². The second-order valence-electron chi connectivity index (χ2n) is 6.49. The fourth-order valence-corrected chi connectivity index (χ4v) is 2.45. The summed E-state index contributed by atoms with van der Waals surface area (Å²) >= 11 is 0. The van der Waals surface area contributed by atoms with E-state index in [0.29, 0.717) is 18.3 Å². The molecule has 0 bridgehead atoms. The maximum Gasteiger partial charge on any atom is 0.293 e. The first-order valence-corrected chi connectivity index (χ1v) is 6.90. The van der Waals surface area contributed by atoms with Crippen LogP contribution in [0.4, 0.5) is 5.82 Å². The second-order valence-corrected chi connectivity index (χ2v) is 6.49. The molecular weight excluding hydrogens is 240 g/mol. The van der Waals surface area contributed by atoms with Gasteiger partial charge in [0.2, 0.25) is 0 Å². The molecule has 0 saturated heterocycles. The van der Waals surface area contributed by atoms with Crippen molar-refractivity contribution in [3.63, 3.8) is 0 Å². The van der Waals surface area contributed by atoms with Crippen LogP contribution in [0.3, 0.4) is 0 Å². The molecule has 1 aliphatic rings. The highest BCUT2D eigenvalue weighted by Crippen LogP contribution is 2.40. The summed E-state index contributed by atoms with van der Waals surface area (Å²) in [6.45, 7) is 9.13. The van der Waals surface area contributed by atoms with E-state index in [2.05, 4.69) is 38.0 Å². The van der Waals surface area contributed by atoms with E-state index in [4.69, 9.17) is 5.73 Å². The minimum Gasteiger partial charge on any atom is -0.362 e. The fourth-order valence-electron chi connectivity index (χ4n) is 2.45. The van der Waals surface area contributed by atoms with E-state index in [0.717, 1.165) is 6.42 Å². The summed E-state index contributed by atoms with van der Waals surface area (Å²) in [7, 11) is 0. The van der Waals surface area contributed by atoms with Crippen molar-refractivity contribution in [3.8, 4) is 0 Å². The van der Waals surface area contributed by atoms with Crippen LogP contribution >= 0.6 is 0 Å². The van der Waals surface area contributed by atoms with Gasteiger partial charge in [-0.25, -0.2) is 4.98 Å². The third-order valence-electron chi connectivity index (χ3n) is 4.13. The molecule has 0 aromatic carbocycles. The molecule has 0 amide bonds. The average molecular weight is 264 g/mol. The summed E-state index contributed by atoms with van der Waals surface area (Å²) in [5.74, 6) is 0.870. The molecule has 0 aliphatic heterocycles. The van der Waals surface area contributed by atoms with Gasteiger partial charge in [0, 0.05) is 36.4 Å². The van der Waals surface area contributed by atoms with E-state index < -0.39 is 0 Å². The van der Waals surface area contributed by atoms with Gasteiger partial charge >= 0.3 is 0 Å². The van der Waals surface area contributed by atoms with Crippen molar-refractivity contribution in [2.75, 3.05) is 5.32 Å². The molecule has 1 heterocycles. The maximum atomic E-state index is 12.3. The van der Waals surface area contributed by atoms with Gasteiger partial charge in [-0.15, -0.1) is 0 Å². The van der Waals surface area contributed by atoms with Gasteiger partial charge in [-0.05, 0) is 12.3 Å². The Morgan fingerprint density at radius 3 is 2.79 bits per heavy atom. The summed E-state index contributed by atoms with van der Waals surface area (Å²) < 4.78 is 1.71. The van der Waals surface area contributed by atoms with E-state index in [1.165, 1.54) is 0 Å². The van der Waals surface area contributed by atoms with Crippen molar-refractivity contribution in [1.82, 2.24) is 9.55 Å². The molecule has 3 N–H and O–H groups in total. The topological polar surface area (TPSA) is 72.9 Å². The van der Waals surface area contributed by atoms with Crippen molar-refractivity contribution in [1.29, 1.82) is 0 Å². The molecule has 0 radical (unpaired) electrons. The Morgan fingerprint density at radius 1 is 1.58 bits per heavy atom. The minimum atomic E-state index is -0.0486. The van der Waals surface area contributed by atoms with Crippen molar-refractivity contribution in [2.24, 2.45) is 17.1 Å². The highest BCUT2D eigenvalue weighted by Gasteiger charge is 2.46. The van der Waals surface area contributed by atoms with Gasteiger partial charge in [-0.1, -0.05) is 27.7 Å². The summed E-state index contributed by atoms with van der Waals surface area (Å²) in [6, 6.07) is 0.407. The first-order valence-electron chi connectivity index (χ1n) is 6.90. The maximum absolute atomic E-state index is 12.3. The van der Waals surface area contributed by atoms with Crippen LogP contribution in [0.25, 0.3) is 0 Å². The van der Waals surface area contributed by atoms with E-state index in [-0.39, 0.29) is 23.1 Å². The van der Waals surface area contributed by atoms with Gasteiger partial charge in [0.25, 0.3) is 5.56 Å². The molecule has 1 saturated carbocycles. The van der Waals surface area contributed by atoms with Crippen LogP contribution in [0.2, 0.25) is 0 Å². The van der Waals surface area contributed by atoms with Crippen molar-refractivity contribution in [3.05, 3.63) is 22.7 Å². The molecule has 5 nitrogen and oxygen atoms in total. The monoisotopic (exact) mass is 264 g/mol. The number of hydrogen-bond acceptors (Lipinski definition) is 4. The second kappa shape index (κ2) is 4.96. The fraction of sp³-hybridized carbons (Fsp3) is 0.714. The Morgan fingerprint density at radius 2 is 2.26 bits per heavy atom. The number of rotatable bonds is 4. The predicted octanol–water partition coefficient (Wildman–Crippen LogP) is 1.44. The highest BCUT2D eigenvalue weighted by molar-refractivity contribution is 5.35. The third kappa shape index (κ3) is 2.66. The van der Waals surface area contributed by atoms with Gasteiger partial charge in [-0.3, -0.25) is 4.79 Å². The molecule has 5 heteroatoms. The lowest BCUT2D eigenvalue weighted by Gasteiger charge is -2.50. The zero-order chi connectivity index (χ0) is 14.2. The molecule has 2 unspecified atom stereocenters. The van der Waals surface area contributed by atoms with Crippen LogP contribution in [0, 0.1) is 11.3 Å². The smallest absolute Gasteiger partial charge is 0.293 e. The number of nitrogens with zero attached hydrogens (tertiary/aromatic N) is 2. The highest BCUT2D eigenvalue weighted by atomic mass is 16.1. The predicted molar refractivity (Wildman–Crippen MR) is 77.1 cm³/mol. The summed E-state index contributed by atoms with van der Waals surface area (Å²) in [5.41, 5.74) is 5.95. The van der Waals surface area contributed by atoms with Crippen LogP contribution in [-0.2, 0) is 6.54 Å². The van der Waals surface area contributed by atoms with Gasteiger partial charge in [0.15, 0.2) is 5.82 Å². The number of hydrogen-bond donors (Lipinski definition) is 2. The van der Waals surface area contributed by atoms with Crippen LogP contribution < -0.4 is 16.6 Å². The first-order chi connectivity index (χ1) is 8.82. The summed E-state index contributed by atoms with van der Waals surface area (Å²) in [4.78, 5) is 16.5. The zero-order valence-corrected chi connectivity index (χ0v) is 12.2. The molecule has 1 fully saturated rings. The van der Waals surface area contributed by atoms with Crippen LogP contribution in [0.5, 0.6) is 0 Å². The minimum absolute atomic E-state index is 0.00679. The Kier molecular flexibility index (Phi) is 3.67. The quantitative estimate of drug-likeness (QED) is 0.863. The number of aromatic nitrogens is 2. The summed E-state index contributed by atoms with van der Waals surface area (Å²) in [6.07, 6.45) is 4.30. The normalized spacial score (nSPS) is 25.2. The van der Waals surface area contributed by atoms with Gasteiger partial charge in [0.05, 0.1) is 0 Å². The molecule has 2 atom stereocenters. The molecule has 1 aromatic heterocycles. The molecule has 1 aliphatic carbocycles. The molecular formula is C14H24N4O. The Balaban J connectivity index is 2.16. The number of nitrogens with one attached hydrogen (secondary N) is 1. The van der Waals surface area contributed by atoms with Crippen molar-refractivity contribution in [2.45, 2.75) is 52.7 Å². The number of anilines is 1. The van der Waals surface area contributed by atoms with Crippen LogP contribution in [-0.4, -0.2) is 21.6 Å². The van der Waals surface area contributed by atoms with E-state index in [1.807, 2.05) is 0 Å². The Labute approximate surface area is 114 Å².